The maximum Gasteiger partial charge on any atom is 0.402 e. The maximum absolute atomic E-state index is 13.5. The fourth-order valence-corrected chi connectivity index (χ4v) is 3.03. The first-order valence-electron chi connectivity index (χ1n) is 7.09. The molecule has 2 aromatic carbocycles. The third-order valence-corrected chi connectivity index (χ3v) is 4.69. The van der Waals surface area contributed by atoms with Crippen LogP contribution in [-0.2, 0) is 4.79 Å². The molecule has 0 aromatic heterocycles. The molecule has 0 fully saturated rings. The van der Waals surface area contributed by atoms with Crippen molar-refractivity contribution in [2.75, 3.05) is 0 Å². The van der Waals surface area contributed by atoms with Gasteiger partial charge in [-0.3, -0.25) is 4.79 Å². The Hall–Kier alpha value is -1.35. The molecule has 0 bridgehead atoms. The zero-order chi connectivity index (χ0) is 19.7. The molecule has 0 aliphatic carbocycles. The number of rotatable bonds is 4. The van der Waals surface area contributed by atoms with Crippen LogP contribution in [0.15, 0.2) is 57.5 Å². The first-order valence-corrected chi connectivity index (χ1v) is 8.68. The van der Waals surface area contributed by atoms with Gasteiger partial charge in [-0.15, -0.1) is 0 Å². The van der Waals surface area contributed by atoms with E-state index in [0.29, 0.717) is 8.95 Å². The normalized spacial score (nSPS) is 14.8. The summed E-state index contributed by atoms with van der Waals surface area (Å²) in [5.41, 5.74) is -1.09. The second-order valence-electron chi connectivity index (χ2n) is 5.45. The van der Waals surface area contributed by atoms with Gasteiger partial charge >= 0.3 is 12.4 Å². The quantitative estimate of drug-likeness (QED) is 0.421. The van der Waals surface area contributed by atoms with Crippen molar-refractivity contribution in [2.24, 2.45) is 0 Å². The molecule has 1 nitrogen and oxygen atoms in total. The van der Waals surface area contributed by atoms with Crippen molar-refractivity contribution in [3.05, 3.63) is 68.6 Å². The van der Waals surface area contributed by atoms with Gasteiger partial charge < -0.3 is 0 Å². The number of ketones is 1. The Morgan fingerprint density at radius 3 is 1.15 bits per heavy atom. The van der Waals surface area contributed by atoms with E-state index in [-0.39, 0.29) is 0 Å². The third-order valence-electron chi connectivity index (χ3n) is 3.63. The number of carbonyl (C=O) groups is 1. The van der Waals surface area contributed by atoms with E-state index < -0.39 is 41.1 Å². The highest BCUT2D eigenvalue weighted by molar-refractivity contribution is 9.10. The van der Waals surface area contributed by atoms with Crippen LogP contribution in [0.3, 0.4) is 0 Å². The molecule has 0 saturated heterocycles. The summed E-state index contributed by atoms with van der Waals surface area (Å²) in [6.45, 7) is 0. The van der Waals surface area contributed by atoms with Gasteiger partial charge in [-0.05, 0) is 35.4 Å². The molecule has 0 aliphatic rings. The Morgan fingerprint density at radius 2 is 0.923 bits per heavy atom. The summed E-state index contributed by atoms with van der Waals surface area (Å²) in [6, 6.07) is 8.88. The Balaban J connectivity index is 2.55. The third kappa shape index (κ3) is 4.88. The minimum atomic E-state index is -5.16. The van der Waals surface area contributed by atoms with Crippen LogP contribution in [0.1, 0.15) is 23.0 Å². The Bertz CT molecular complexity index is 700. The monoisotopic (exact) mass is 502 g/mol. The number of Topliss-reactive ketones (excluding diaryl/α,β-unsaturated/α-hetero) is 1. The Morgan fingerprint density at radius 1 is 0.654 bits per heavy atom. The molecular weight excluding hydrogens is 494 g/mol. The minimum absolute atomic E-state index is 0.440. The summed E-state index contributed by atoms with van der Waals surface area (Å²) in [7, 11) is 0. The van der Waals surface area contributed by atoms with Crippen molar-refractivity contribution in [3.63, 3.8) is 0 Å². The van der Waals surface area contributed by atoms with Crippen molar-refractivity contribution in [3.8, 4) is 0 Å². The highest BCUT2D eigenvalue weighted by Crippen LogP contribution is 2.45. The predicted octanol–water partition coefficient (Wildman–Crippen LogP) is 6.77. The lowest BCUT2D eigenvalue weighted by Gasteiger charge is -2.26. The van der Waals surface area contributed by atoms with Crippen LogP contribution in [0, 0.1) is 0 Å². The predicted molar refractivity (Wildman–Crippen MR) is 90.9 cm³/mol. The second kappa shape index (κ2) is 7.72. The molecule has 0 aliphatic heterocycles. The lowest BCUT2D eigenvalue weighted by atomic mass is 9.83. The molecule has 2 unspecified atom stereocenters. The van der Waals surface area contributed by atoms with Gasteiger partial charge in [-0.1, -0.05) is 56.1 Å². The number of hydrogen-bond acceptors (Lipinski definition) is 1. The highest BCUT2D eigenvalue weighted by atomic mass is 79.9. The fraction of sp³-hybridized carbons (Fsp3) is 0.235. The second-order valence-corrected chi connectivity index (χ2v) is 7.29. The average Bonchev–Trinajstić information content (AvgIpc) is 2.49. The van der Waals surface area contributed by atoms with Gasteiger partial charge in [0.25, 0.3) is 0 Å². The van der Waals surface area contributed by atoms with E-state index in [1.165, 1.54) is 24.3 Å². The van der Waals surface area contributed by atoms with E-state index in [9.17, 15) is 31.1 Å². The van der Waals surface area contributed by atoms with Gasteiger partial charge in [0, 0.05) is 8.95 Å². The molecule has 26 heavy (non-hydrogen) atoms. The topological polar surface area (TPSA) is 17.1 Å². The van der Waals surface area contributed by atoms with Crippen LogP contribution in [0.2, 0.25) is 0 Å². The van der Waals surface area contributed by atoms with E-state index in [1.54, 1.807) is 0 Å². The number of carbonyl (C=O) groups excluding carboxylic acids is 1. The average molecular weight is 504 g/mol. The van der Waals surface area contributed by atoms with Gasteiger partial charge in [0.1, 0.15) is 11.8 Å². The summed E-state index contributed by atoms with van der Waals surface area (Å²) in [5.74, 6) is -7.73. The van der Waals surface area contributed by atoms with Crippen LogP contribution in [0.5, 0.6) is 0 Å². The molecular formula is C17H10Br2F6O. The summed E-state index contributed by atoms with van der Waals surface area (Å²) in [5, 5.41) is 0. The first-order chi connectivity index (χ1) is 11.9. The van der Waals surface area contributed by atoms with Crippen molar-refractivity contribution in [2.45, 2.75) is 24.2 Å². The number of benzene rings is 2. The maximum atomic E-state index is 13.5. The molecule has 2 rings (SSSR count). The fourth-order valence-electron chi connectivity index (χ4n) is 2.51. The van der Waals surface area contributed by atoms with E-state index in [2.05, 4.69) is 31.9 Å². The molecule has 0 heterocycles. The zero-order valence-electron chi connectivity index (χ0n) is 12.7. The van der Waals surface area contributed by atoms with Crippen molar-refractivity contribution in [1.82, 2.24) is 0 Å². The summed E-state index contributed by atoms with van der Waals surface area (Å²) in [6.07, 6.45) is -10.3. The van der Waals surface area contributed by atoms with Crippen LogP contribution >= 0.6 is 31.9 Å². The molecule has 2 aromatic rings. The number of halogens is 8. The molecule has 2 atom stereocenters. The van der Waals surface area contributed by atoms with Gasteiger partial charge in [-0.25, -0.2) is 0 Å². The molecule has 0 amide bonds. The summed E-state index contributed by atoms with van der Waals surface area (Å²) in [4.78, 5) is 12.4. The van der Waals surface area contributed by atoms with Crippen molar-refractivity contribution < 1.29 is 31.1 Å². The molecule has 0 spiro atoms. The molecule has 0 N–H and O–H groups in total. The van der Waals surface area contributed by atoms with Crippen molar-refractivity contribution >= 4 is 37.6 Å². The molecule has 9 heteroatoms. The first kappa shape index (κ1) is 21.0. The number of hydrogen-bond donors (Lipinski definition) is 0. The highest BCUT2D eigenvalue weighted by Gasteiger charge is 2.55. The standard InChI is InChI=1S/C17H10Br2F6O/c18-11-5-1-9(2-6-11)13(16(20,21)22)15(26)14(17(23,24)25)10-3-7-12(19)8-4-10/h1-8,13-14H. The Kier molecular flexibility index (Phi) is 6.22. The smallest absolute Gasteiger partial charge is 0.298 e. The lowest BCUT2D eigenvalue weighted by molar-refractivity contribution is -0.183. The lowest BCUT2D eigenvalue weighted by Crippen LogP contribution is -2.38. The van der Waals surface area contributed by atoms with E-state index in [0.717, 1.165) is 24.3 Å². The SMILES string of the molecule is O=C(C(c1ccc(Br)cc1)C(F)(F)F)C(c1ccc(Br)cc1)C(F)(F)F. The van der Waals surface area contributed by atoms with Crippen LogP contribution in [0.4, 0.5) is 26.3 Å². The van der Waals surface area contributed by atoms with Gasteiger partial charge in [0.15, 0.2) is 5.78 Å². The molecule has 0 saturated carbocycles. The van der Waals surface area contributed by atoms with Crippen molar-refractivity contribution in [1.29, 1.82) is 0 Å². The van der Waals surface area contributed by atoms with Gasteiger partial charge in [0.2, 0.25) is 0 Å². The number of alkyl halides is 6. The van der Waals surface area contributed by atoms with E-state index >= 15 is 0 Å². The zero-order valence-corrected chi connectivity index (χ0v) is 15.9. The van der Waals surface area contributed by atoms with Crippen LogP contribution < -0.4 is 0 Å². The molecule has 140 valence electrons. The van der Waals surface area contributed by atoms with Crippen LogP contribution in [-0.4, -0.2) is 18.1 Å². The minimum Gasteiger partial charge on any atom is -0.298 e. The molecule has 0 radical (unpaired) electrons. The van der Waals surface area contributed by atoms with Gasteiger partial charge in [-0.2, -0.15) is 26.3 Å². The van der Waals surface area contributed by atoms with E-state index in [4.69, 9.17) is 0 Å². The summed E-state index contributed by atoms with van der Waals surface area (Å²) < 4.78 is 81.7. The summed E-state index contributed by atoms with van der Waals surface area (Å²) >= 11 is 6.07. The Labute approximate surface area is 161 Å². The largest absolute Gasteiger partial charge is 0.402 e. The van der Waals surface area contributed by atoms with E-state index in [1.807, 2.05) is 0 Å². The van der Waals surface area contributed by atoms with Crippen LogP contribution in [0.25, 0.3) is 0 Å². The van der Waals surface area contributed by atoms with Gasteiger partial charge in [0.05, 0.1) is 0 Å².